The van der Waals surface area contributed by atoms with Crippen LogP contribution in [0.4, 0.5) is 0 Å². The van der Waals surface area contributed by atoms with Gasteiger partial charge in [-0.15, -0.1) is 0 Å². The van der Waals surface area contributed by atoms with Gasteiger partial charge in [0.1, 0.15) is 18.4 Å². The van der Waals surface area contributed by atoms with Crippen molar-refractivity contribution < 1.29 is 17.3 Å². The highest BCUT2D eigenvalue weighted by Crippen LogP contribution is 2.13. The SMILES string of the molecule is Cc1ccc(S(=O)(=O)OCCOCn2c(C)cc(C)c(C#N)c2=O)cc1. The summed E-state index contributed by atoms with van der Waals surface area (Å²) in [5.74, 6) is 0. The number of hydrogen-bond donors (Lipinski definition) is 0. The van der Waals surface area contributed by atoms with Gasteiger partial charge in [-0.1, -0.05) is 17.7 Å². The van der Waals surface area contributed by atoms with E-state index in [9.17, 15) is 13.2 Å². The average molecular weight is 376 g/mol. The maximum Gasteiger partial charge on any atom is 0.297 e. The predicted molar refractivity (Wildman–Crippen MR) is 95.2 cm³/mol. The maximum absolute atomic E-state index is 12.2. The fourth-order valence-corrected chi connectivity index (χ4v) is 3.25. The van der Waals surface area contributed by atoms with Crippen molar-refractivity contribution in [2.45, 2.75) is 32.4 Å². The number of rotatable bonds is 7. The van der Waals surface area contributed by atoms with Gasteiger partial charge in [0, 0.05) is 5.69 Å². The van der Waals surface area contributed by atoms with Crippen LogP contribution in [-0.4, -0.2) is 26.2 Å². The highest BCUT2D eigenvalue weighted by atomic mass is 32.2. The van der Waals surface area contributed by atoms with E-state index in [-0.39, 0.29) is 30.4 Å². The number of ether oxygens (including phenoxy) is 1. The fraction of sp³-hybridized carbons (Fsp3) is 0.333. The molecule has 1 heterocycles. The Morgan fingerprint density at radius 2 is 1.77 bits per heavy atom. The van der Waals surface area contributed by atoms with Crippen LogP contribution in [0.15, 0.2) is 40.0 Å². The molecule has 8 heteroatoms. The zero-order valence-electron chi connectivity index (χ0n) is 14.9. The molecule has 0 atom stereocenters. The van der Waals surface area contributed by atoms with Crippen molar-refractivity contribution >= 4 is 10.1 Å². The van der Waals surface area contributed by atoms with Gasteiger partial charge >= 0.3 is 0 Å². The Kier molecular flexibility index (Phi) is 6.32. The minimum absolute atomic E-state index is 0.0211. The van der Waals surface area contributed by atoms with E-state index >= 15 is 0 Å². The summed E-state index contributed by atoms with van der Waals surface area (Å²) >= 11 is 0. The summed E-state index contributed by atoms with van der Waals surface area (Å²) in [5.41, 5.74) is 1.84. The Morgan fingerprint density at radius 3 is 2.38 bits per heavy atom. The molecule has 2 aromatic rings. The third kappa shape index (κ3) is 4.58. The lowest BCUT2D eigenvalue weighted by Gasteiger charge is -2.12. The van der Waals surface area contributed by atoms with E-state index in [0.717, 1.165) is 5.56 Å². The van der Waals surface area contributed by atoms with Crippen molar-refractivity contribution in [3.63, 3.8) is 0 Å². The number of benzene rings is 1. The van der Waals surface area contributed by atoms with Crippen molar-refractivity contribution in [3.8, 4) is 6.07 Å². The van der Waals surface area contributed by atoms with Crippen LogP contribution in [0.5, 0.6) is 0 Å². The first-order valence-electron chi connectivity index (χ1n) is 7.91. The lowest BCUT2D eigenvalue weighted by Crippen LogP contribution is -2.27. The van der Waals surface area contributed by atoms with Crippen LogP contribution in [0.25, 0.3) is 0 Å². The Balaban J connectivity index is 1.93. The van der Waals surface area contributed by atoms with E-state index in [0.29, 0.717) is 11.3 Å². The minimum atomic E-state index is -3.85. The summed E-state index contributed by atoms with van der Waals surface area (Å²) in [7, 11) is -3.85. The minimum Gasteiger partial charge on any atom is -0.358 e. The summed E-state index contributed by atoms with van der Waals surface area (Å²) in [6, 6.07) is 9.93. The maximum atomic E-state index is 12.2. The van der Waals surface area contributed by atoms with Crippen molar-refractivity contribution in [3.05, 3.63) is 63.1 Å². The molecule has 0 N–H and O–H groups in total. The molecule has 138 valence electrons. The fourth-order valence-electron chi connectivity index (χ4n) is 2.36. The highest BCUT2D eigenvalue weighted by Gasteiger charge is 2.15. The molecule has 2 rings (SSSR count). The molecule has 1 aromatic heterocycles. The second-order valence-corrected chi connectivity index (χ2v) is 7.43. The average Bonchev–Trinajstić information content (AvgIpc) is 2.57. The highest BCUT2D eigenvalue weighted by molar-refractivity contribution is 7.86. The number of hydrogen-bond acceptors (Lipinski definition) is 6. The predicted octanol–water partition coefficient (Wildman–Crippen LogP) is 2.02. The molecule has 0 aliphatic rings. The summed E-state index contributed by atoms with van der Waals surface area (Å²) in [6.45, 7) is 5.00. The first-order chi connectivity index (χ1) is 12.3. The van der Waals surface area contributed by atoms with Crippen LogP contribution in [0.2, 0.25) is 0 Å². The molecule has 0 aliphatic heterocycles. The topological polar surface area (TPSA) is 98.4 Å². The van der Waals surface area contributed by atoms with Crippen molar-refractivity contribution in [2.75, 3.05) is 13.2 Å². The zero-order valence-corrected chi connectivity index (χ0v) is 15.7. The summed E-state index contributed by atoms with van der Waals surface area (Å²) in [5, 5.41) is 9.05. The van der Waals surface area contributed by atoms with Crippen LogP contribution in [0.3, 0.4) is 0 Å². The third-order valence-electron chi connectivity index (χ3n) is 3.81. The van der Waals surface area contributed by atoms with E-state index in [1.54, 1.807) is 32.0 Å². The van der Waals surface area contributed by atoms with Crippen LogP contribution in [-0.2, 0) is 25.8 Å². The van der Waals surface area contributed by atoms with Crippen LogP contribution < -0.4 is 5.56 Å². The molecule has 0 fully saturated rings. The first kappa shape index (κ1) is 19.8. The molecule has 0 amide bonds. The van der Waals surface area contributed by atoms with Crippen LogP contribution in [0, 0.1) is 32.1 Å². The summed E-state index contributed by atoms with van der Waals surface area (Å²) in [4.78, 5) is 12.3. The second-order valence-electron chi connectivity index (χ2n) is 5.82. The Morgan fingerprint density at radius 1 is 1.12 bits per heavy atom. The van der Waals surface area contributed by atoms with E-state index < -0.39 is 15.7 Å². The van der Waals surface area contributed by atoms with Crippen molar-refractivity contribution in [1.82, 2.24) is 4.57 Å². The van der Waals surface area contributed by atoms with Gasteiger partial charge in [0.15, 0.2) is 0 Å². The molecule has 1 aromatic carbocycles. The monoisotopic (exact) mass is 376 g/mol. The third-order valence-corrected chi connectivity index (χ3v) is 5.14. The number of aryl methyl sites for hydroxylation is 3. The number of nitrogens with zero attached hydrogens (tertiary/aromatic N) is 2. The summed E-state index contributed by atoms with van der Waals surface area (Å²) in [6.07, 6.45) is 0. The van der Waals surface area contributed by atoms with Gasteiger partial charge < -0.3 is 4.74 Å². The standard InChI is InChI=1S/C18H20N2O5S/c1-13-4-6-16(7-5-13)26(22,23)25-9-8-24-12-20-15(3)10-14(2)17(11-19)18(20)21/h4-7,10H,8-9,12H2,1-3H3. The molecule has 0 aliphatic carbocycles. The zero-order chi connectivity index (χ0) is 19.3. The quantitative estimate of drug-likeness (QED) is 0.542. The molecule has 0 radical (unpaired) electrons. The van der Waals surface area contributed by atoms with Gasteiger partial charge in [-0.3, -0.25) is 13.5 Å². The van der Waals surface area contributed by atoms with Gasteiger partial charge in [-0.2, -0.15) is 13.7 Å². The molecule has 0 saturated carbocycles. The number of aromatic nitrogens is 1. The first-order valence-corrected chi connectivity index (χ1v) is 9.32. The van der Waals surface area contributed by atoms with E-state index in [1.807, 2.05) is 13.0 Å². The lowest BCUT2D eigenvalue weighted by atomic mass is 10.1. The van der Waals surface area contributed by atoms with E-state index in [1.165, 1.54) is 16.7 Å². The van der Waals surface area contributed by atoms with E-state index in [2.05, 4.69) is 0 Å². The molecule has 0 saturated heterocycles. The molecule has 7 nitrogen and oxygen atoms in total. The van der Waals surface area contributed by atoms with Gasteiger partial charge in [-0.05, 0) is 44.5 Å². The second kappa shape index (κ2) is 8.27. The molecule has 0 unspecified atom stereocenters. The molecule has 0 spiro atoms. The largest absolute Gasteiger partial charge is 0.358 e. The normalized spacial score (nSPS) is 11.3. The van der Waals surface area contributed by atoms with Gasteiger partial charge in [-0.25, -0.2) is 0 Å². The summed E-state index contributed by atoms with van der Waals surface area (Å²) < 4.78 is 35.7. The lowest BCUT2D eigenvalue weighted by molar-refractivity contribution is 0.0522. The Labute approximate surface area is 152 Å². The molecular weight excluding hydrogens is 356 g/mol. The number of nitriles is 1. The Hall–Kier alpha value is -2.47. The van der Waals surface area contributed by atoms with E-state index in [4.69, 9.17) is 14.2 Å². The van der Waals surface area contributed by atoms with Gasteiger partial charge in [0.25, 0.3) is 15.7 Å². The number of pyridine rings is 1. The van der Waals surface area contributed by atoms with Gasteiger partial charge in [0.2, 0.25) is 0 Å². The smallest absolute Gasteiger partial charge is 0.297 e. The molecule has 26 heavy (non-hydrogen) atoms. The molecular formula is C18H20N2O5S. The van der Waals surface area contributed by atoms with Gasteiger partial charge in [0.05, 0.1) is 18.1 Å². The van der Waals surface area contributed by atoms with Crippen LogP contribution >= 0.6 is 0 Å². The molecule has 0 bridgehead atoms. The van der Waals surface area contributed by atoms with Crippen molar-refractivity contribution in [2.24, 2.45) is 0 Å². The van der Waals surface area contributed by atoms with Crippen molar-refractivity contribution in [1.29, 1.82) is 5.26 Å². The van der Waals surface area contributed by atoms with Crippen LogP contribution in [0.1, 0.15) is 22.4 Å². The Bertz CT molecular complexity index is 986.